The van der Waals surface area contributed by atoms with Gasteiger partial charge in [-0.15, -0.1) is 0 Å². The Bertz CT molecular complexity index is 450. The van der Waals surface area contributed by atoms with Gasteiger partial charge in [0.1, 0.15) is 0 Å². The van der Waals surface area contributed by atoms with E-state index in [2.05, 4.69) is 72.0 Å². The van der Waals surface area contributed by atoms with Gasteiger partial charge >= 0.3 is 0 Å². The molecule has 0 spiro atoms. The number of halogens is 1. The molecule has 112 valence electrons. The van der Waals surface area contributed by atoms with E-state index in [0.29, 0.717) is 18.2 Å². The molecule has 0 bridgehead atoms. The molecule has 0 saturated carbocycles. The lowest BCUT2D eigenvalue weighted by atomic mass is 10.1. The number of nitrogens with zero attached hydrogens (tertiary/aromatic N) is 1. The van der Waals surface area contributed by atoms with Crippen molar-refractivity contribution in [1.29, 1.82) is 0 Å². The molecule has 1 N–H and O–H groups in total. The Kier molecular flexibility index (Phi) is 5.47. The fraction of sp³-hybridized carbons (Fsp3) is 0.625. The largest absolute Gasteiger partial charge is 0.375 e. The van der Waals surface area contributed by atoms with Gasteiger partial charge in [-0.05, 0) is 47.5 Å². The second-order valence-corrected chi connectivity index (χ2v) is 6.82. The number of anilines is 1. The van der Waals surface area contributed by atoms with Crippen LogP contribution in [-0.4, -0.2) is 31.3 Å². The molecule has 0 radical (unpaired) electrons. The van der Waals surface area contributed by atoms with Crippen molar-refractivity contribution in [2.75, 3.05) is 18.1 Å². The minimum absolute atomic E-state index is 0.292. The Labute approximate surface area is 130 Å². The van der Waals surface area contributed by atoms with Crippen molar-refractivity contribution in [3.63, 3.8) is 0 Å². The molecule has 1 heterocycles. The van der Waals surface area contributed by atoms with E-state index in [1.807, 2.05) is 0 Å². The van der Waals surface area contributed by atoms with Crippen molar-refractivity contribution in [1.82, 2.24) is 5.32 Å². The Morgan fingerprint density at radius 2 is 2.15 bits per heavy atom. The average Bonchev–Trinajstić information content (AvgIpc) is 2.39. The quantitative estimate of drug-likeness (QED) is 0.906. The molecule has 20 heavy (non-hydrogen) atoms. The van der Waals surface area contributed by atoms with Crippen LogP contribution in [-0.2, 0) is 11.3 Å². The summed E-state index contributed by atoms with van der Waals surface area (Å²) in [5.74, 6) is 0. The molecule has 3 nitrogen and oxygen atoms in total. The van der Waals surface area contributed by atoms with E-state index in [1.54, 1.807) is 0 Å². The predicted molar refractivity (Wildman–Crippen MR) is 88.3 cm³/mol. The van der Waals surface area contributed by atoms with E-state index in [0.717, 1.165) is 19.7 Å². The summed E-state index contributed by atoms with van der Waals surface area (Å²) in [4.78, 5) is 2.43. The number of hydrogen-bond acceptors (Lipinski definition) is 3. The van der Waals surface area contributed by atoms with E-state index in [9.17, 15) is 0 Å². The third-order valence-corrected chi connectivity index (χ3v) is 4.28. The highest BCUT2D eigenvalue weighted by Gasteiger charge is 2.24. The molecule has 1 fully saturated rings. The van der Waals surface area contributed by atoms with E-state index in [1.165, 1.54) is 15.7 Å². The van der Waals surface area contributed by atoms with Gasteiger partial charge in [-0.3, -0.25) is 0 Å². The van der Waals surface area contributed by atoms with Gasteiger partial charge in [0.25, 0.3) is 0 Å². The van der Waals surface area contributed by atoms with Gasteiger partial charge in [0.15, 0.2) is 0 Å². The van der Waals surface area contributed by atoms with Gasteiger partial charge in [0.2, 0.25) is 0 Å². The minimum atomic E-state index is 0.292. The summed E-state index contributed by atoms with van der Waals surface area (Å²) in [5, 5.41) is 3.45. The summed E-state index contributed by atoms with van der Waals surface area (Å²) in [5.41, 5.74) is 2.57. The van der Waals surface area contributed by atoms with E-state index >= 15 is 0 Å². The van der Waals surface area contributed by atoms with Crippen LogP contribution in [0.15, 0.2) is 22.7 Å². The van der Waals surface area contributed by atoms with Gasteiger partial charge in [-0.2, -0.15) is 0 Å². The van der Waals surface area contributed by atoms with Crippen LogP contribution in [0.25, 0.3) is 0 Å². The van der Waals surface area contributed by atoms with Crippen LogP contribution in [0.2, 0.25) is 0 Å². The maximum absolute atomic E-state index is 5.70. The lowest BCUT2D eigenvalue weighted by Gasteiger charge is -2.39. The van der Waals surface area contributed by atoms with Gasteiger partial charge in [-0.25, -0.2) is 0 Å². The molecular weight excluding hydrogens is 316 g/mol. The molecule has 1 aliphatic rings. The summed E-state index contributed by atoms with van der Waals surface area (Å²) in [6.45, 7) is 11.3. The maximum atomic E-state index is 5.70. The third-order valence-electron chi connectivity index (χ3n) is 3.64. The van der Waals surface area contributed by atoms with Crippen LogP contribution in [0.4, 0.5) is 5.69 Å². The van der Waals surface area contributed by atoms with Crippen LogP contribution in [0.1, 0.15) is 33.3 Å². The van der Waals surface area contributed by atoms with Crippen molar-refractivity contribution >= 4 is 21.6 Å². The highest BCUT2D eigenvalue weighted by atomic mass is 79.9. The summed E-state index contributed by atoms with van der Waals surface area (Å²) in [7, 11) is 0. The highest BCUT2D eigenvalue weighted by Crippen LogP contribution is 2.30. The van der Waals surface area contributed by atoms with Crippen LogP contribution >= 0.6 is 15.9 Å². The molecule has 0 aromatic heterocycles. The highest BCUT2D eigenvalue weighted by molar-refractivity contribution is 9.10. The lowest BCUT2D eigenvalue weighted by Crippen LogP contribution is -2.47. The van der Waals surface area contributed by atoms with Gasteiger partial charge in [0, 0.05) is 29.6 Å². The van der Waals surface area contributed by atoms with E-state index in [-0.39, 0.29) is 0 Å². The van der Waals surface area contributed by atoms with Crippen molar-refractivity contribution in [2.24, 2.45) is 0 Å². The molecule has 2 atom stereocenters. The predicted octanol–water partition coefficient (Wildman–Crippen LogP) is 3.56. The first-order chi connectivity index (χ1) is 9.47. The van der Waals surface area contributed by atoms with Gasteiger partial charge < -0.3 is 15.0 Å². The van der Waals surface area contributed by atoms with Crippen LogP contribution in [0.3, 0.4) is 0 Å². The van der Waals surface area contributed by atoms with Crippen molar-refractivity contribution < 1.29 is 4.74 Å². The molecule has 1 aromatic carbocycles. The fourth-order valence-electron chi connectivity index (χ4n) is 2.45. The first-order valence-electron chi connectivity index (χ1n) is 7.37. The van der Waals surface area contributed by atoms with Crippen molar-refractivity contribution in [2.45, 2.75) is 52.4 Å². The molecule has 1 saturated heterocycles. The van der Waals surface area contributed by atoms with Crippen LogP contribution in [0.5, 0.6) is 0 Å². The smallest absolute Gasteiger partial charge is 0.0723 e. The SMILES string of the molecule is CC(C)NCc1ccc(N2CC(C)OCC2C)c(Br)c1. The van der Waals surface area contributed by atoms with E-state index < -0.39 is 0 Å². The van der Waals surface area contributed by atoms with Crippen molar-refractivity contribution in [3.8, 4) is 0 Å². The first-order valence-corrected chi connectivity index (χ1v) is 8.16. The van der Waals surface area contributed by atoms with Crippen LogP contribution < -0.4 is 10.2 Å². The zero-order valence-electron chi connectivity index (χ0n) is 12.8. The number of rotatable bonds is 4. The molecule has 0 amide bonds. The Balaban J connectivity index is 2.12. The summed E-state index contributed by atoms with van der Waals surface area (Å²) in [6, 6.07) is 7.58. The average molecular weight is 341 g/mol. The third kappa shape index (κ3) is 3.96. The molecule has 0 aliphatic carbocycles. The lowest BCUT2D eigenvalue weighted by molar-refractivity contribution is 0.0343. The second-order valence-electron chi connectivity index (χ2n) is 5.97. The standard InChI is InChI=1S/C16H25BrN2O/c1-11(2)18-8-14-5-6-16(15(17)7-14)19-9-13(4)20-10-12(19)3/h5-7,11-13,18H,8-10H2,1-4H3. The maximum Gasteiger partial charge on any atom is 0.0723 e. The minimum Gasteiger partial charge on any atom is -0.375 e. The molecular formula is C16H25BrN2O. The zero-order chi connectivity index (χ0) is 14.7. The first kappa shape index (κ1) is 15.8. The molecule has 2 unspecified atom stereocenters. The monoisotopic (exact) mass is 340 g/mol. The Morgan fingerprint density at radius 3 is 2.80 bits per heavy atom. The van der Waals surface area contributed by atoms with E-state index in [4.69, 9.17) is 4.74 Å². The fourth-order valence-corrected chi connectivity index (χ4v) is 3.11. The molecule has 2 rings (SSSR count). The zero-order valence-corrected chi connectivity index (χ0v) is 14.4. The number of nitrogens with one attached hydrogen (secondary N) is 1. The van der Waals surface area contributed by atoms with Gasteiger partial charge in [-0.1, -0.05) is 19.9 Å². The number of morpholine rings is 1. The number of benzene rings is 1. The van der Waals surface area contributed by atoms with Crippen LogP contribution in [0, 0.1) is 0 Å². The Hall–Kier alpha value is -0.580. The number of ether oxygens (including phenoxy) is 1. The summed E-state index contributed by atoms with van der Waals surface area (Å²) in [6.07, 6.45) is 0.292. The van der Waals surface area contributed by atoms with Crippen molar-refractivity contribution in [3.05, 3.63) is 28.2 Å². The second kappa shape index (κ2) is 6.92. The molecule has 1 aromatic rings. The number of hydrogen-bond donors (Lipinski definition) is 1. The topological polar surface area (TPSA) is 24.5 Å². The molecule has 1 aliphatic heterocycles. The normalized spacial score (nSPS) is 23.4. The summed E-state index contributed by atoms with van der Waals surface area (Å²) < 4.78 is 6.87. The summed E-state index contributed by atoms with van der Waals surface area (Å²) >= 11 is 3.73. The molecule has 4 heteroatoms. The Morgan fingerprint density at radius 1 is 1.40 bits per heavy atom. The van der Waals surface area contributed by atoms with Gasteiger partial charge in [0.05, 0.1) is 18.4 Å².